The Kier molecular flexibility index (Phi) is 8.25. The number of carbonyl (C=O) groups excluding carboxylic acids is 1. The number of rotatable bonds is 5. The first-order valence-corrected chi connectivity index (χ1v) is 16.8. The molecule has 2 saturated heterocycles. The van der Waals surface area contributed by atoms with Crippen LogP contribution in [0.1, 0.15) is 97.3 Å². The van der Waals surface area contributed by atoms with Crippen LogP contribution in [0.4, 0.5) is 4.39 Å². The average Bonchev–Trinajstić information content (AvgIpc) is 3.18. The van der Waals surface area contributed by atoms with Gasteiger partial charge in [0, 0.05) is 41.5 Å². The summed E-state index contributed by atoms with van der Waals surface area (Å²) in [6, 6.07) is 1.19. The fraction of sp³-hybridized carbons (Fsp3) is 0.967. The van der Waals surface area contributed by atoms with E-state index in [4.69, 9.17) is 0 Å². The van der Waals surface area contributed by atoms with Gasteiger partial charge in [-0.05, 0) is 88.5 Å². The first kappa shape index (κ1) is 27.0. The molecule has 0 aromatic rings. The Bertz CT molecular complexity index is 804. The molecule has 9 atom stereocenters. The van der Waals surface area contributed by atoms with Crippen molar-refractivity contribution in [3.05, 3.63) is 0 Å². The molecule has 0 radical (unpaired) electrons. The van der Waals surface area contributed by atoms with Gasteiger partial charge in [-0.1, -0.05) is 49.0 Å². The third-order valence-corrected chi connectivity index (χ3v) is 13.0. The molecule has 4 saturated carbocycles. The van der Waals surface area contributed by atoms with Crippen molar-refractivity contribution in [1.29, 1.82) is 0 Å². The Morgan fingerprint density at radius 1 is 0.946 bits per heavy atom. The molecule has 0 aromatic carbocycles. The van der Waals surface area contributed by atoms with E-state index in [1.165, 1.54) is 44.9 Å². The average molecular weight is 582 g/mol. The summed E-state index contributed by atoms with van der Waals surface area (Å²) in [4.78, 5) is 16.9. The summed E-state index contributed by atoms with van der Waals surface area (Å²) in [7, 11) is 0. The van der Waals surface area contributed by atoms with Gasteiger partial charge in [-0.3, -0.25) is 4.79 Å². The van der Waals surface area contributed by atoms with Gasteiger partial charge in [0.05, 0.1) is 12.0 Å². The number of alkyl halides is 2. The largest absolute Gasteiger partial charge is 0.339 e. The van der Waals surface area contributed by atoms with Crippen LogP contribution in [-0.2, 0) is 4.79 Å². The number of carbonyl (C=O) groups is 1. The van der Waals surface area contributed by atoms with Gasteiger partial charge in [0.15, 0.2) is 0 Å². The summed E-state index contributed by atoms with van der Waals surface area (Å²) in [5, 5.41) is 6.21. The van der Waals surface area contributed by atoms with Crippen LogP contribution in [0.5, 0.6) is 0 Å². The van der Waals surface area contributed by atoms with Crippen LogP contribution in [0.25, 0.3) is 0 Å². The topological polar surface area (TPSA) is 47.6 Å². The minimum atomic E-state index is -0.803. The molecule has 2 N–H and O–H groups in total. The monoisotopic (exact) mass is 580 g/mol. The van der Waals surface area contributed by atoms with Crippen LogP contribution in [0, 0.1) is 29.6 Å². The van der Waals surface area contributed by atoms with E-state index in [2.05, 4.69) is 50.4 Å². The number of hydrogen-bond acceptors (Lipinski definition) is 4. The van der Waals surface area contributed by atoms with E-state index in [1.807, 2.05) is 0 Å². The zero-order chi connectivity index (χ0) is 25.7. The van der Waals surface area contributed by atoms with Crippen molar-refractivity contribution in [2.24, 2.45) is 29.6 Å². The number of nitrogens with zero attached hydrogens (tertiary/aromatic N) is 2. The Balaban J connectivity index is 1.18. The normalized spacial score (nSPS) is 47.2. The molecule has 5 nitrogen and oxygen atoms in total. The van der Waals surface area contributed by atoms with Crippen molar-refractivity contribution in [3.8, 4) is 0 Å². The van der Waals surface area contributed by atoms with Crippen molar-refractivity contribution in [2.45, 2.75) is 139 Å². The maximum absolute atomic E-state index is 15.6. The van der Waals surface area contributed by atoms with Gasteiger partial charge in [0.2, 0.25) is 5.91 Å². The lowest BCUT2D eigenvalue weighted by Crippen LogP contribution is -2.61. The van der Waals surface area contributed by atoms with Gasteiger partial charge in [-0.2, -0.15) is 0 Å². The third-order valence-electron chi connectivity index (χ3n) is 11.7. The second kappa shape index (κ2) is 11.3. The second-order valence-electron chi connectivity index (χ2n) is 13.4. The zero-order valence-corrected chi connectivity index (χ0v) is 24.7. The summed E-state index contributed by atoms with van der Waals surface area (Å²) in [5.41, 5.74) is 3.78. The van der Waals surface area contributed by atoms with Crippen LogP contribution >= 0.6 is 15.9 Å². The molecule has 1 amide bonds. The predicted octanol–water partition coefficient (Wildman–Crippen LogP) is 5.43. The van der Waals surface area contributed by atoms with E-state index in [9.17, 15) is 4.79 Å². The van der Waals surface area contributed by atoms with E-state index in [-0.39, 0.29) is 30.0 Å². The number of hydrazine groups is 1. The van der Waals surface area contributed by atoms with Gasteiger partial charge >= 0.3 is 0 Å². The van der Waals surface area contributed by atoms with Crippen molar-refractivity contribution in [3.63, 3.8) is 0 Å². The fourth-order valence-corrected chi connectivity index (χ4v) is 10.1. The van der Waals surface area contributed by atoms with Gasteiger partial charge in [-0.15, -0.1) is 0 Å². The quantitative estimate of drug-likeness (QED) is 0.426. The Morgan fingerprint density at radius 3 is 2.38 bits per heavy atom. The van der Waals surface area contributed by atoms with Crippen molar-refractivity contribution in [1.82, 2.24) is 20.7 Å². The van der Waals surface area contributed by atoms with Crippen LogP contribution in [0.2, 0.25) is 0 Å². The van der Waals surface area contributed by atoms with Gasteiger partial charge in [0.25, 0.3) is 0 Å². The molecule has 0 aromatic heterocycles. The minimum Gasteiger partial charge on any atom is -0.339 e. The molecule has 2 aliphatic heterocycles. The standard InChI is InChI=1S/C30H50BrFN4O/c1-3-33-28-18(2)23(31)15-14-22(28)30(37)35-17-16-26-27-25(35)9-5-8-24(32)29(27)34-36(26)21-12-10-20(11-13-21)19-6-4-7-19/h18-29,33-34H,3-17H2,1-2H3. The molecular weight excluding hydrogens is 531 g/mol. The van der Waals surface area contributed by atoms with E-state index in [1.54, 1.807) is 0 Å². The van der Waals surface area contributed by atoms with Crippen LogP contribution < -0.4 is 10.7 Å². The molecule has 2 heterocycles. The third kappa shape index (κ3) is 4.95. The first-order chi connectivity index (χ1) is 18.0. The Morgan fingerprint density at radius 2 is 1.68 bits per heavy atom. The first-order valence-electron chi connectivity index (χ1n) is 15.8. The van der Waals surface area contributed by atoms with Crippen LogP contribution in [0.15, 0.2) is 0 Å². The number of likely N-dealkylation sites (tertiary alicyclic amines) is 1. The molecule has 210 valence electrons. The number of piperidine rings is 1. The summed E-state index contributed by atoms with van der Waals surface area (Å²) in [6.45, 7) is 6.16. The lowest BCUT2D eigenvalue weighted by Gasteiger charge is -2.49. The Labute approximate surface area is 232 Å². The highest BCUT2D eigenvalue weighted by Gasteiger charge is 2.56. The molecule has 37 heavy (non-hydrogen) atoms. The molecule has 6 aliphatic rings. The van der Waals surface area contributed by atoms with Gasteiger partial charge in [0.1, 0.15) is 6.17 Å². The minimum absolute atomic E-state index is 0.0374. The molecule has 9 unspecified atom stereocenters. The second-order valence-corrected chi connectivity index (χ2v) is 14.6. The number of amides is 1. The summed E-state index contributed by atoms with van der Waals surface area (Å²) >= 11 is 3.88. The maximum Gasteiger partial charge on any atom is 0.227 e. The van der Waals surface area contributed by atoms with E-state index < -0.39 is 6.17 Å². The maximum atomic E-state index is 15.6. The number of hydrogen-bond donors (Lipinski definition) is 2. The van der Waals surface area contributed by atoms with Crippen molar-refractivity contribution in [2.75, 3.05) is 13.1 Å². The smallest absolute Gasteiger partial charge is 0.227 e. The molecule has 6 fully saturated rings. The zero-order valence-electron chi connectivity index (χ0n) is 23.1. The molecule has 4 aliphatic carbocycles. The predicted molar refractivity (Wildman–Crippen MR) is 150 cm³/mol. The highest BCUT2D eigenvalue weighted by atomic mass is 79.9. The molecular formula is C30H50BrFN4O. The van der Waals surface area contributed by atoms with Gasteiger partial charge in [-0.25, -0.2) is 14.8 Å². The summed E-state index contributed by atoms with van der Waals surface area (Å²) in [6.07, 6.45) is 14.2. The van der Waals surface area contributed by atoms with Crippen molar-refractivity contribution >= 4 is 21.8 Å². The van der Waals surface area contributed by atoms with Crippen molar-refractivity contribution < 1.29 is 9.18 Å². The summed E-state index contributed by atoms with van der Waals surface area (Å²) in [5.74, 6) is 2.95. The highest BCUT2D eigenvalue weighted by Crippen LogP contribution is 2.47. The number of halogens is 2. The van der Waals surface area contributed by atoms with Gasteiger partial charge < -0.3 is 10.2 Å². The lowest BCUT2D eigenvalue weighted by molar-refractivity contribution is -0.145. The fourth-order valence-electron chi connectivity index (χ4n) is 9.46. The van der Waals surface area contributed by atoms with E-state index in [0.717, 1.165) is 57.0 Å². The summed E-state index contributed by atoms with van der Waals surface area (Å²) < 4.78 is 15.6. The van der Waals surface area contributed by atoms with E-state index in [0.29, 0.717) is 35.2 Å². The van der Waals surface area contributed by atoms with E-state index >= 15 is 4.39 Å². The Hall–Kier alpha value is -0.240. The molecule has 0 spiro atoms. The highest BCUT2D eigenvalue weighted by molar-refractivity contribution is 9.09. The number of nitrogens with one attached hydrogen (secondary N) is 2. The SMILES string of the molecule is CCNC1C(C(=O)N2CCC3C4C(NN3C3CCC(C5CCC5)CC3)C(F)CCCC42)CCC(Br)C1C. The molecule has 0 bridgehead atoms. The lowest BCUT2D eigenvalue weighted by atomic mass is 9.69. The van der Waals surface area contributed by atoms with Crippen LogP contribution in [-0.4, -0.2) is 70.1 Å². The van der Waals surface area contributed by atoms with Crippen LogP contribution in [0.3, 0.4) is 0 Å². The molecule has 6 rings (SSSR count). The molecule has 7 heteroatoms.